The lowest BCUT2D eigenvalue weighted by atomic mass is 10.1. The molecule has 10 heteroatoms. The summed E-state index contributed by atoms with van der Waals surface area (Å²) in [5.74, 6) is -0.866. The molecule has 1 aromatic heterocycles. The fourth-order valence-corrected chi connectivity index (χ4v) is 3.82. The van der Waals surface area contributed by atoms with Crippen LogP contribution in [0.5, 0.6) is 0 Å². The topological polar surface area (TPSA) is 110 Å². The molecule has 198 valence electrons. The Bertz CT molecular complexity index is 1500. The Kier molecular flexibility index (Phi) is 8.25. The second kappa shape index (κ2) is 12.0. The minimum absolute atomic E-state index is 0.0470. The molecular weight excluding hydrogens is 501 g/mol. The number of non-ortho nitro benzene ring substituents is 1. The van der Waals surface area contributed by atoms with E-state index in [-0.39, 0.29) is 18.3 Å². The number of benzene rings is 3. The van der Waals surface area contributed by atoms with E-state index in [9.17, 15) is 24.1 Å². The van der Waals surface area contributed by atoms with Crippen LogP contribution in [-0.2, 0) is 9.59 Å². The van der Waals surface area contributed by atoms with Crippen molar-refractivity contribution < 1.29 is 18.9 Å². The molecule has 4 rings (SSSR count). The van der Waals surface area contributed by atoms with Crippen molar-refractivity contribution >= 4 is 29.4 Å². The van der Waals surface area contributed by atoms with Gasteiger partial charge in [-0.2, -0.15) is 5.10 Å². The molecule has 0 aliphatic carbocycles. The van der Waals surface area contributed by atoms with Gasteiger partial charge >= 0.3 is 0 Å². The Labute approximate surface area is 224 Å². The zero-order valence-corrected chi connectivity index (χ0v) is 21.3. The number of halogens is 1. The zero-order chi connectivity index (χ0) is 27.9. The van der Waals surface area contributed by atoms with Gasteiger partial charge in [0.25, 0.3) is 5.69 Å². The van der Waals surface area contributed by atoms with E-state index in [2.05, 4.69) is 10.4 Å². The summed E-state index contributed by atoms with van der Waals surface area (Å²) in [5.41, 5.74) is 2.56. The molecule has 0 spiro atoms. The minimum atomic E-state index is -0.497. The Hall–Kier alpha value is -5.12. The van der Waals surface area contributed by atoms with Crippen molar-refractivity contribution in [2.24, 2.45) is 0 Å². The number of aromatic nitrogens is 2. The van der Waals surface area contributed by atoms with E-state index in [1.165, 1.54) is 58.1 Å². The summed E-state index contributed by atoms with van der Waals surface area (Å²) in [4.78, 5) is 37.8. The van der Waals surface area contributed by atoms with Gasteiger partial charge in [0, 0.05) is 35.9 Å². The molecule has 0 aliphatic heterocycles. The summed E-state index contributed by atoms with van der Waals surface area (Å²) in [6.07, 6.45) is 2.86. The maximum atomic E-state index is 13.5. The molecule has 2 amide bonds. The van der Waals surface area contributed by atoms with Gasteiger partial charge in [0.1, 0.15) is 18.2 Å². The van der Waals surface area contributed by atoms with E-state index in [4.69, 9.17) is 0 Å². The van der Waals surface area contributed by atoms with Crippen molar-refractivity contribution in [2.45, 2.75) is 19.9 Å². The van der Waals surface area contributed by atoms with Gasteiger partial charge in [-0.3, -0.25) is 19.7 Å². The standard InChI is InChI=1S/C29H26FN5O4/c1-20(2)33(29(37)17-10-21-8-13-25(14-9-21)35(38)39)19-28(36)31-27-18-26(22-6-4-3-5-7-22)32-34(27)24-15-11-23(30)12-16-24/h3-18,20H,19H2,1-2H3,(H,31,36). The van der Waals surface area contributed by atoms with Crippen LogP contribution in [0.15, 0.2) is 91.0 Å². The molecule has 0 saturated carbocycles. The first-order valence-corrected chi connectivity index (χ1v) is 12.2. The number of hydrogen-bond donors (Lipinski definition) is 1. The number of carbonyl (C=O) groups excluding carboxylic acids is 2. The highest BCUT2D eigenvalue weighted by molar-refractivity contribution is 5.98. The van der Waals surface area contributed by atoms with Crippen LogP contribution in [0.1, 0.15) is 19.4 Å². The Morgan fingerprint density at radius 1 is 1.05 bits per heavy atom. The Morgan fingerprint density at radius 3 is 2.33 bits per heavy atom. The summed E-state index contributed by atoms with van der Waals surface area (Å²) in [7, 11) is 0. The number of carbonyl (C=O) groups is 2. The average molecular weight is 528 g/mol. The molecule has 3 aromatic carbocycles. The van der Waals surface area contributed by atoms with Crippen LogP contribution in [0, 0.1) is 15.9 Å². The number of nitro benzene ring substituents is 1. The van der Waals surface area contributed by atoms with Gasteiger partial charge in [0.05, 0.1) is 16.3 Å². The third kappa shape index (κ3) is 6.80. The van der Waals surface area contributed by atoms with Crippen molar-refractivity contribution in [3.63, 3.8) is 0 Å². The summed E-state index contributed by atoms with van der Waals surface area (Å²) < 4.78 is 15.0. The summed E-state index contributed by atoms with van der Waals surface area (Å²) in [5, 5.41) is 18.3. The van der Waals surface area contributed by atoms with Gasteiger partial charge < -0.3 is 10.2 Å². The van der Waals surface area contributed by atoms with Crippen LogP contribution < -0.4 is 5.32 Å². The normalized spacial score (nSPS) is 11.1. The molecule has 9 nitrogen and oxygen atoms in total. The second-order valence-corrected chi connectivity index (χ2v) is 8.96. The molecule has 4 aromatic rings. The molecule has 0 atom stereocenters. The van der Waals surface area contributed by atoms with Crippen molar-refractivity contribution in [3.05, 3.63) is 113 Å². The van der Waals surface area contributed by atoms with E-state index in [1.807, 2.05) is 30.3 Å². The van der Waals surface area contributed by atoms with Gasteiger partial charge in [-0.15, -0.1) is 0 Å². The third-order valence-electron chi connectivity index (χ3n) is 5.86. The van der Waals surface area contributed by atoms with Gasteiger partial charge in [0.2, 0.25) is 11.8 Å². The van der Waals surface area contributed by atoms with Gasteiger partial charge in [0.15, 0.2) is 0 Å². The van der Waals surface area contributed by atoms with Crippen molar-refractivity contribution in [1.29, 1.82) is 0 Å². The Balaban J connectivity index is 1.52. The van der Waals surface area contributed by atoms with Crippen LogP contribution in [0.25, 0.3) is 23.0 Å². The second-order valence-electron chi connectivity index (χ2n) is 8.96. The molecule has 0 radical (unpaired) electrons. The van der Waals surface area contributed by atoms with Gasteiger partial charge in [-0.25, -0.2) is 9.07 Å². The molecule has 39 heavy (non-hydrogen) atoms. The molecule has 0 fully saturated rings. The molecule has 1 N–H and O–H groups in total. The number of anilines is 1. The first-order valence-electron chi connectivity index (χ1n) is 12.2. The fraction of sp³-hybridized carbons (Fsp3) is 0.138. The maximum Gasteiger partial charge on any atom is 0.269 e. The fourth-order valence-electron chi connectivity index (χ4n) is 3.82. The first-order chi connectivity index (χ1) is 18.7. The first kappa shape index (κ1) is 26.9. The smallest absolute Gasteiger partial charge is 0.269 e. The van der Waals surface area contributed by atoms with E-state index in [0.717, 1.165) is 5.56 Å². The lowest BCUT2D eigenvalue weighted by Gasteiger charge is -2.25. The zero-order valence-electron chi connectivity index (χ0n) is 21.3. The number of nitrogens with one attached hydrogen (secondary N) is 1. The van der Waals surface area contributed by atoms with Crippen molar-refractivity contribution in [1.82, 2.24) is 14.7 Å². The van der Waals surface area contributed by atoms with Crippen LogP contribution in [0.4, 0.5) is 15.9 Å². The molecule has 1 heterocycles. The third-order valence-corrected chi connectivity index (χ3v) is 5.86. The van der Waals surface area contributed by atoms with Crippen molar-refractivity contribution in [3.8, 4) is 16.9 Å². The monoisotopic (exact) mass is 527 g/mol. The predicted molar refractivity (Wildman–Crippen MR) is 147 cm³/mol. The lowest BCUT2D eigenvalue weighted by molar-refractivity contribution is -0.384. The quantitative estimate of drug-likeness (QED) is 0.176. The molecule has 0 bridgehead atoms. The van der Waals surface area contributed by atoms with Crippen LogP contribution in [0.3, 0.4) is 0 Å². The lowest BCUT2D eigenvalue weighted by Crippen LogP contribution is -2.41. The van der Waals surface area contributed by atoms with Crippen LogP contribution >= 0.6 is 0 Å². The number of amides is 2. The van der Waals surface area contributed by atoms with E-state index in [0.29, 0.717) is 22.8 Å². The number of rotatable bonds is 9. The summed E-state index contributed by atoms with van der Waals surface area (Å²) in [6.45, 7) is 3.36. The maximum absolute atomic E-state index is 13.5. The highest BCUT2D eigenvalue weighted by atomic mass is 19.1. The Morgan fingerprint density at radius 2 is 1.72 bits per heavy atom. The number of hydrogen-bond acceptors (Lipinski definition) is 5. The SMILES string of the molecule is CC(C)N(CC(=O)Nc1cc(-c2ccccc2)nn1-c1ccc(F)cc1)C(=O)C=Cc1ccc([N+](=O)[O-])cc1. The summed E-state index contributed by atoms with van der Waals surface area (Å²) >= 11 is 0. The van der Waals surface area contributed by atoms with Crippen LogP contribution in [-0.4, -0.2) is 44.0 Å². The molecule has 0 saturated heterocycles. The van der Waals surface area contributed by atoms with Gasteiger partial charge in [-0.1, -0.05) is 30.3 Å². The van der Waals surface area contributed by atoms with E-state index >= 15 is 0 Å². The molecule has 0 unspecified atom stereocenters. The number of nitrogens with zero attached hydrogens (tertiary/aromatic N) is 4. The predicted octanol–water partition coefficient (Wildman–Crippen LogP) is 5.48. The van der Waals surface area contributed by atoms with E-state index in [1.54, 1.807) is 32.0 Å². The van der Waals surface area contributed by atoms with Crippen LogP contribution in [0.2, 0.25) is 0 Å². The van der Waals surface area contributed by atoms with Gasteiger partial charge in [-0.05, 0) is 61.9 Å². The van der Waals surface area contributed by atoms with E-state index < -0.39 is 22.6 Å². The highest BCUT2D eigenvalue weighted by Crippen LogP contribution is 2.25. The largest absolute Gasteiger partial charge is 0.327 e. The molecular formula is C29H26FN5O4. The average Bonchev–Trinajstić information content (AvgIpc) is 3.35. The highest BCUT2D eigenvalue weighted by Gasteiger charge is 2.20. The number of nitro groups is 1. The van der Waals surface area contributed by atoms with Crippen molar-refractivity contribution in [2.75, 3.05) is 11.9 Å². The molecule has 0 aliphatic rings. The summed E-state index contributed by atoms with van der Waals surface area (Å²) in [6, 6.07) is 22.3. The minimum Gasteiger partial charge on any atom is -0.327 e.